The molecule has 0 heterocycles. The topological polar surface area (TPSA) is 113 Å². The summed E-state index contributed by atoms with van der Waals surface area (Å²) in [6.07, 6.45) is 0.328. The quantitative estimate of drug-likeness (QED) is 0.474. The van der Waals surface area contributed by atoms with Gasteiger partial charge < -0.3 is 14.7 Å². The fraction of sp³-hybridized carbons (Fsp3) is 0.500. The molecule has 0 bridgehead atoms. The predicted octanol–water partition coefficient (Wildman–Crippen LogP) is 0.787. The molecule has 2 unspecified atom stereocenters. The molecule has 3 N–H and O–H groups in total. The third-order valence-electron chi connectivity index (χ3n) is 0.841. The maximum Gasteiger partial charge on any atom is 0.481 e. The normalized spacial score (nSPS) is 19.1. The van der Waals surface area contributed by atoms with Gasteiger partial charge in [-0.2, -0.15) is 4.31 Å². The zero-order chi connectivity index (χ0) is 10.7. The number of hydrogen-bond acceptors (Lipinski definition) is 4. The molecule has 0 aliphatic carbocycles. The van der Waals surface area contributed by atoms with E-state index >= 15 is 0 Å². The SMILES string of the molecule is C=CC(C)OP(=O)(O)OP(=O)(O)O. The van der Waals surface area contributed by atoms with Gasteiger partial charge >= 0.3 is 15.6 Å². The molecule has 0 spiro atoms. The van der Waals surface area contributed by atoms with Crippen LogP contribution in [0.5, 0.6) is 0 Å². The summed E-state index contributed by atoms with van der Waals surface area (Å²) < 4.78 is 28.7. The molecule has 0 fully saturated rings. The molecule has 0 aliphatic rings. The summed E-state index contributed by atoms with van der Waals surface area (Å²) in [6.45, 7) is 4.59. The molecule has 0 aromatic heterocycles. The summed E-state index contributed by atoms with van der Waals surface area (Å²) in [6, 6.07) is 0. The van der Waals surface area contributed by atoms with Crippen molar-refractivity contribution in [1.29, 1.82) is 0 Å². The molecule has 7 nitrogen and oxygen atoms in total. The van der Waals surface area contributed by atoms with Gasteiger partial charge in [0.2, 0.25) is 0 Å². The lowest BCUT2D eigenvalue weighted by Gasteiger charge is -2.14. The van der Waals surface area contributed by atoms with Crippen molar-refractivity contribution < 1.29 is 32.6 Å². The lowest BCUT2D eigenvalue weighted by Crippen LogP contribution is -2.03. The third-order valence-corrected chi connectivity index (χ3v) is 3.12. The van der Waals surface area contributed by atoms with E-state index in [-0.39, 0.29) is 0 Å². The molecule has 0 saturated heterocycles. The van der Waals surface area contributed by atoms with E-state index in [0.717, 1.165) is 0 Å². The molecule has 78 valence electrons. The molecule has 9 heteroatoms. The van der Waals surface area contributed by atoms with Crippen LogP contribution in [-0.2, 0) is 18.0 Å². The van der Waals surface area contributed by atoms with Gasteiger partial charge in [-0.25, -0.2) is 9.13 Å². The molecular weight excluding hydrogens is 222 g/mol. The molecule has 0 saturated carbocycles. The van der Waals surface area contributed by atoms with Crippen LogP contribution in [-0.4, -0.2) is 20.8 Å². The Balaban J connectivity index is 4.34. The van der Waals surface area contributed by atoms with E-state index in [0.29, 0.717) is 0 Å². The maximum atomic E-state index is 10.8. The number of phosphoric acid groups is 2. The van der Waals surface area contributed by atoms with Crippen molar-refractivity contribution in [2.45, 2.75) is 13.0 Å². The van der Waals surface area contributed by atoms with Crippen LogP contribution >= 0.6 is 15.6 Å². The first-order chi connectivity index (χ1) is 5.66. The molecular formula is C4H10O7P2. The minimum absolute atomic E-state index is 0.845. The Kier molecular flexibility index (Phi) is 4.48. The van der Waals surface area contributed by atoms with Crippen molar-refractivity contribution in [3.63, 3.8) is 0 Å². The van der Waals surface area contributed by atoms with Gasteiger partial charge in [-0.3, -0.25) is 4.52 Å². The highest BCUT2D eigenvalue weighted by molar-refractivity contribution is 7.60. The van der Waals surface area contributed by atoms with Crippen molar-refractivity contribution in [3.05, 3.63) is 12.7 Å². The van der Waals surface area contributed by atoms with Crippen LogP contribution in [0.1, 0.15) is 6.92 Å². The molecule has 13 heavy (non-hydrogen) atoms. The number of phosphoric ester groups is 1. The van der Waals surface area contributed by atoms with E-state index in [9.17, 15) is 9.13 Å². The first kappa shape index (κ1) is 13.0. The lowest BCUT2D eigenvalue weighted by atomic mass is 10.4. The van der Waals surface area contributed by atoms with Crippen LogP contribution in [0.3, 0.4) is 0 Å². The summed E-state index contributed by atoms with van der Waals surface area (Å²) in [5.41, 5.74) is 0. The van der Waals surface area contributed by atoms with Gasteiger partial charge in [-0.15, -0.1) is 6.58 Å². The number of rotatable bonds is 5. The first-order valence-corrected chi connectivity index (χ1v) is 6.09. The van der Waals surface area contributed by atoms with Gasteiger partial charge in [0.15, 0.2) is 0 Å². The zero-order valence-electron chi connectivity index (χ0n) is 6.73. The molecule has 0 radical (unpaired) electrons. The predicted molar refractivity (Wildman–Crippen MR) is 43.7 cm³/mol. The highest BCUT2D eigenvalue weighted by atomic mass is 31.3. The largest absolute Gasteiger partial charge is 0.481 e. The number of hydrogen-bond donors (Lipinski definition) is 3. The average molecular weight is 232 g/mol. The molecule has 0 aromatic carbocycles. The van der Waals surface area contributed by atoms with Crippen LogP contribution < -0.4 is 0 Å². The van der Waals surface area contributed by atoms with Crippen LogP contribution in [0.25, 0.3) is 0 Å². The minimum Gasteiger partial charge on any atom is -0.302 e. The fourth-order valence-electron chi connectivity index (χ4n) is 0.407. The van der Waals surface area contributed by atoms with Crippen LogP contribution in [0.4, 0.5) is 0 Å². The van der Waals surface area contributed by atoms with E-state index in [1.54, 1.807) is 0 Å². The maximum absolute atomic E-state index is 10.8. The summed E-state index contributed by atoms with van der Waals surface area (Å²) in [4.78, 5) is 25.1. The van der Waals surface area contributed by atoms with Crippen molar-refractivity contribution >= 4 is 15.6 Å². The van der Waals surface area contributed by atoms with Crippen molar-refractivity contribution in [1.82, 2.24) is 0 Å². The zero-order valence-corrected chi connectivity index (χ0v) is 8.52. The van der Waals surface area contributed by atoms with Crippen LogP contribution in [0, 0.1) is 0 Å². The Hall–Kier alpha value is -0.0000000000000000416. The second-order valence-electron chi connectivity index (χ2n) is 2.09. The Morgan fingerprint density at radius 2 is 1.85 bits per heavy atom. The molecule has 0 aromatic rings. The first-order valence-electron chi connectivity index (χ1n) is 3.07. The average Bonchev–Trinajstić information content (AvgIpc) is 1.80. The fourth-order valence-corrected chi connectivity index (χ4v) is 2.14. The Labute approximate surface area is 74.9 Å². The van der Waals surface area contributed by atoms with Crippen LogP contribution in [0.2, 0.25) is 0 Å². The second-order valence-corrected chi connectivity index (χ2v) is 4.87. The van der Waals surface area contributed by atoms with Gasteiger partial charge in [-0.1, -0.05) is 6.08 Å². The summed E-state index contributed by atoms with van der Waals surface area (Å²) in [7, 11) is -9.75. The lowest BCUT2D eigenvalue weighted by molar-refractivity contribution is 0.159. The van der Waals surface area contributed by atoms with E-state index in [4.69, 9.17) is 14.7 Å². The summed E-state index contributed by atoms with van der Waals surface area (Å²) in [5.74, 6) is 0. The summed E-state index contributed by atoms with van der Waals surface area (Å²) >= 11 is 0. The van der Waals surface area contributed by atoms with Gasteiger partial charge in [-0.05, 0) is 6.92 Å². The van der Waals surface area contributed by atoms with Gasteiger partial charge in [0.05, 0.1) is 6.10 Å². The standard InChI is InChI=1S/C4H10O7P2/c1-3-4(2)10-13(8,9)11-12(5,6)7/h3-4H,1H2,2H3,(H,8,9)(H2,5,6,7). The van der Waals surface area contributed by atoms with Crippen molar-refractivity contribution in [3.8, 4) is 0 Å². The van der Waals surface area contributed by atoms with Crippen molar-refractivity contribution in [2.24, 2.45) is 0 Å². The van der Waals surface area contributed by atoms with Crippen LogP contribution in [0.15, 0.2) is 12.7 Å². The van der Waals surface area contributed by atoms with E-state index in [2.05, 4.69) is 15.4 Å². The van der Waals surface area contributed by atoms with Gasteiger partial charge in [0.25, 0.3) is 0 Å². The van der Waals surface area contributed by atoms with Crippen molar-refractivity contribution in [2.75, 3.05) is 0 Å². The summed E-state index contributed by atoms with van der Waals surface area (Å²) in [5, 5.41) is 0. The Bertz CT molecular complexity index is 268. The highest BCUT2D eigenvalue weighted by Crippen LogP contribution is 2.58. The molecule has 2 atom stereocenters. The molecule has 0 rings (SSSR count). The van der Waals surface area contributed by atoms with E-state index in [1.165, 1.54) is 13.0 Å². The van der Waals surface area contributed by atoms with E-state index in [1.807, 2.05) is 0 Å². The monoisotopic (exact) mass is 232 g/mol. The highest BCUT2D eigenvalue weighted by Gasteiger charge is 2.33. The molecule has 0 aliphatic heterocycles. The Morgan fingerprint density at radius 1 is 1.38 bits per heavy atom. The Morgan fingerprint density at radius 3 is 2.15 bits per heavy atom. The van der Waals surface area contributed by atoms with Gasteiger partial charge in [0.1, 0.15) is 0 Å². The molecule has 0 amide bonds. The smallest absolute Gasteiger partial charge is 0.302 e. The minimum atomic E-state index is -5.03. The second kappa shape index (κ2) is 4.48. The van der Waals surface area contributed by atoms with Gasteiger partial charge in [0, 0.05) is 0 Å². The third kappa shape index (κ3) is 7.10. The van der Waals surface area contributed by atoms with E-state index < -0.39 is 21.7 Å².